The minimum atomic E-state index is -3.61. The first-order valence-electron chi connectivity index (χ1n) is 6.89. The van der Waals surface area contributed by atoms with Crippen molar-refractivity contribution in [2.45, 2.75) is 46.1 Å². The maximum atomic E-state index is 12.7. The number of nitrogens with zero attached hydrogens (tertiary/aromatic N) is 2. The van der Waals surface area contributed by atoms with Crippen molar-refractivity contribution in [2.24, 2.45) is 0 Å². The monoisotopic (exact) mass is 307 g/mol. The molecule has 0 unspecified atom stereocenters. The molecule has 6 heteroatoms. The van der Waals surface area contributed by atoms with Crippen LogP contribution in [0.2, 0.25) is 0 Å². The summed E-state index contributed by atoms with van der Waals surface area (Å²) in [6, 6.07) is 3.76. The Labute approximate surface area is 126 Å². The van der Waals surface area contributed by atoms with Gasteiger partial charge < -0.3 is 0 Å². The molecule has 1 aromatic heterocycles. The van der Waals surface area contributed by atoms with Crippen molar-refractivity contribution >= 4 is 15.7 Å². The highest BCUT2D eigenvalue weighted by molar-refractivity contribution is 7.92. The minimum absolute atomic E-state index is 0.344. The summed E-state index contributed by atoms with van der Waals surface area (Å²) in [5.41, 5.74) is 3.89. The molecule has 0 aliphatic carbocycles. The van der Waals surface area contributed by atoms with E-state index >= 15 is 0 Å². The van der Waals surface area contributed by atoms with Crippen molar-refractivity contribution in [3.05, 3.63) is 40.7 Å². The van der Waals surface area contributed by atoms with Crippen molar-refractivity contribution in [1.82, 2.24) is 9.78 Å². The minimum Gasteiger partial charge on any atom is -0.276 e. The highest BCUT2D eigenvalue weighted by Crippen LogP contribution is 2.25. The van der Waals surface area contributed by atoms with Gasteiger partial charge >= 0.3 is 0 Å². The maximum absolute atomic E-state index is 12.7. The summed E-state index contributed by atoms with van der Waals surface area (Å²) in [6.45, 7) is 10.1. The van der Waals surface area contributed by atoms with E-state index in [2.05, 4.69) is 9.82 Å². The quantitative estimate of drug-likeness (QED) is 0.944. The van der Waals surface area contributed by atoms with Gasteiger partial charge in [-0.3, -0.25) is 9.40 Å². The Hall–Kier alpha value is -1.82. The van der Waals surface area contributed by atoms with Gasteiger partial charge in [0.1, 0.15) is 0 Å². The van der Waals surface area contributed by atoms with Crippen molar-refractivity contribution < 1.29 is 8.42 Å². The molecule has 0 amide bonds. The zero-order chi connectivity index (χ0) is 15.8. The Kier molecular flexibility index (Phi) is 4.09. The predicted molar refractivity (Wildman–Crippen MR) is 84.1 cm³/mol. The predicted octanol–water partition coefficient (Wildman–Crippen LogP) is 2.94. The number of aromatic nitrogens is 2. The van der Waals surface area contributed by atoms with Gasteiger partial charge in [-0.1, -0.05) is 17.7 Å². The number of hydrogen-bond acceptors (Lipinski definition) is 3. The van der Waals surface area contributed by atoms with Crippen molar-refractivity contribution in [3.8, 4) is 0 Å². The Morgan fingerprint density at radius 2 is 1.71 bits per heavy atom. The van der Waals surface area contributed by atoms with Crippen molar-refractivity contribution in [1.29, 1.82) is 0 Å². The molecule has 0 aliphatic rings. The SMILES string of the molecule is CCn1ncc(NS(=O)(=O)c2c(C)cc(C)cc2C)c1C. The first kappa shape index (κ1) is 15.6. The summed E-state index contributed by atoms with van der Waals surface area (Å²) in [6.07, 6.45) is 1.55. The molecule has 0 radical (unpaired) electrons. The van der Waals surface area contributed by atoms with E-state index < -0.39 is 10.0 Å². The maximum Gasteiger partial charge on any atom is 0.262 e. The van der Waals surface area contributed by atoms with Gasteiger partial charge in [0.25, 0.3) is 10.0 Å². The fourth-order valence-electron chi connectivity index (χ4n) is 2.65. The van der Waals surface area contributed by atoms with Crippen LogP contribution in [0.3, 0.4) is 0 Å². The number of aryl methyl sites for hydroxylation is 4. The van der Waals surface area contributed by atoms with E-state index in [4.69, 9.17) is 0 Å². The topological polar surface area (TPSA) is 64.0 Å². The number of rotatable bonds is 4. The van der Waals surface area contributed by atoms with E-state index in [1.807, 2.05) is 46.8 Å². The summed E-state index contributed by atoms with van der Waals surface area (Å²) >= 11 is 0. The number of hydrogen-bond donors (Lipinski definition) is 1. The number of nitrogens with one attached hydrogen (secondary N) is 1. The smallest absolute Gasteiger partial charge is 0.262 e. The van der Waals surface area contributed by atoms with E-state index in [1.54, 1.807) is 10.9 Å². The van der Waals surface area contributed by atoms with E-state index in [9.17, 15) is 8.42 Å². The highest BCUT2D eigenvalue weighted by Gasteiger charge is 2.21. The third-order valence-corrected chi connectivity index (χ3v) is 5.19. The average Bonchev–Trinajstić information content (AvgIpc) is 2.68. The third kappa shape index (κ3) is 2.95. The van der Waals surface area contributed by atoms with Crippen molar-refractivity contribution in [3.63, 3.8) is 0 Å². The first-order valence-corrected chi connectivity index (χ1v) is 8.37. The van der Waals surface area contributed by atoms with Crippen LogP contribution in [-0.2, 0) is 16.6 Å². The summed E-state index contributed by atoms with van der Waals surface area (Å²) in [7, 11) is -3.61. The van der Waals surface area contributed by atoms with E-state index in [0.717, 1.165) is 22.4 Å². The van der Waals surface area contributed by atoms with Gasteiger partial charge in [0.15, 0.2) is 0 Å². The van der Waals surface area contributed by atoms with Crippen molar-refractivity contribution in [2.75, 3.05) is 4.72 Å². The van der Waals surface area contributed by atoms with Crippen LogP contribution in [0.15, 0.2) is 23.2 Å². The van der Waals surface area contributed by atoms with Crippen LogP contribution in [0.5, 0.6) is 0 Å². The molecule has 0 atom stereocenters. The first-order chi connectivity index (χ1) is 9.76. The van der Waals surface area contributed by atoms with E-state index in [1.165, 1.54) is 0 Å². The Morgan fingerprint density at radius 1 is 1.14 bits per heavy atom. The molecule has 1 heterocycles. The van der Waals surface area contributed by atoms with Crippen LogP contribution in [0.1, 0.15) is 29.3 Å². The molecule has 0 aliphatic heterocycles. The number of sulfonamides is 1. The lowest BCUT2D eigenvalue weighted by Crippen LogP contribution is -2.16. The van der Waals surface area contributed by atoms with Gasteiger partial charge in [-0.2, -0.15) is 5.10 Å². The standard InChI is InChI=1S/C15H21N3O2S/c1-6-18-13(5)14(9-16-18)17-21(19,20)15-11(3)7-10(2)8-12(15)4/h7-9,17H,6H2,1-5H3. The number of anilines is 1. The lowest BCUT2D eigenvalue weighted by molar-refractivity contribution is 0.600. The molecular weight excluding hydrogens is 286 g/mol. The zero-order valence-electron chi connectivity index (χ0n) is 13.1. The molecule has 21 heavy (non-hydrogen) atoms. The van der Waals surface area contributed by atoms with E-state index in [-0.39, 0.29) is 0 Å². The molecule has 114 valence electrons. The van der Waals surface area contributed by atoms with Crippen LogP contribution in [0, 0.1) is 27.7 Å². The molecule has 1 aromatic carbocycles. The second-order valence-corrected chi connectivity index (χ2v) is 6.91. The van der Waals surface area contributed by atoms with Gasteiger partial charge in [0.05, 0.1) is 22.5 Å². The van der Waals surface area contributed by atoms with Gasteiger partial charge in [-0.25, -0.2) is 8.42 Å². The lowest BCUT2D eigenvalue weighted by Gasteiger charge is -2.13. The largest absolute Gasteiger partial charge is 0.276 e. The summed E-state index contributed by atoms with van der Waals surface area (Å²) < 4.78 is 29.7. The van der Waals surface area contributed by atoms with Crippen LogP contribution in [0.25, 0.3) is 0 Å². The molecule has 2 aromatic rings. The molecule has 0 saturated carbocycles. The third-order valence-electron chi connectivity index (χ3n) is 3.52. The van der Waals surface area contributed by atoms with Gasteiger partial charge in [0.2, 0.25) is 0 Å². The summed E-state index contributed by atoms with van der Waals surface area (Å²) in [5.74, 6) is 0. The second-order valence-electron chi connectivity index (χ2n) is 5.29. The Balaban J connectivity index is 2.46. The van der Waals surface area contributed by atoms with E-state index in [0.29, 0.717) is 17.1 Å². The van der Waals surface area contributed by atoms with Crippen LogP contribution >= 0.6 is 0 Å². The fraction of sp³-hybridized carbons (Fsp3) is 0.400. The molecule has 0 spiro atoms. The van der Waals surface area contributed by atoms with Crippen LogP contribution in [-0.4, -0.2) is 18.2 Å². The molecule has 2 rings (SSSR count). The van der Waals surface area contributed by atoms with Gasteiger partial charge in [0, 0.05) is 6.54 Å². The van der Waals surface area contributed by atoms with Gasteiger partial charge in [-0.15, -0.1) is 0 Å². The molecular formula is C15H21N3O2S. The Bertz CT molecular complexity index is 753. The van der Waals surface area contributed by atoms with Crippen LogP contribution in [0.4, 0.5) is 5.69 Å². The normalized spacial score (nSPS) is 11.7. The molecule has 0 fully saturated rings. The molecule has 1 N–H and O–H groups in total. The number of benzene rings is 1. The second kappa shape index (κ2) is 5.52. The molecule has 0 saturated heterocycles. The molecule has 0 bridgehead atoms. The fourth-order valence-corrected chi connectivity index (χ4v) is 4.21. The highest BCUT2D eigenvalue weighted by atomic mass is 32.2. The summed E-state index contributed by atoms with van der Waals surface area (Å²) in [5, 5.41) is 4.16. The zero-order valence-corrected chi connectivity index (χ0v) is 13.9. The van der Waals surface area contributed by atoms with Crippen LogP contribution < -0.4 is 4.72 Å². The lowest BCUT2D eigenvalue weighted by atomic mass is 10.1. The summed E-state index contributed by atoms with van der Waals surface area (Å²) in [4.78, 5) is 0.344. The van der Waals surface area contributed by atoms with Gasteiger partial charge in [-0.05, 0) is 45.7 Å². The molecule has 5 nitrogen and oxygen atoms in total. The Morgan fingerprint density at radius 3 is 2.19 bits per heavy atom. The average molecular weight is 307 g/mol.